The first-order valence-electron chi connectivity index (χ1n) is 8.84. The molecule has 9 nitrogen and oxygen atoms in total. The van der Waals surface area contributed by atoms with Gasteiger partial charge in [0.2, 0.25) is 0 Å². The van der Waals surface area contributed by atoms with Crippen molar-refractivity contribution in [2.45, 2.75) is 39.0 Å². The molecule has 1 aliphatic heterocycles. The largest absolute Gasteiger partial charge is 0.376 e. The minimum absolute atomic E-state index is 0.0331. The number of aryl methyl sites for hydroxylation is 1. The van der Waals surface area contributed by atoms with Crippen LogP contribution < -0.4 is 11.1 Å². The lowest BCUT2D eigenvalue weighted by Gasteiger charge is -2.26. The Morgan fingerprint density at radius 1 is 1.37 bits per heavy atom. The molecule has 0 saturated carbocycles. The molecule has 0 radical (unpaired) electrons. The Hall–Kier alpha value is -2.94. The second kappa shape index (κ2) is 8.63. The van der Waals surface area contributed by atoms with Crippen LogP contribution in [0, 0.1) is 6.92 Å². The lowest BCUT2D eigenvalue weighted by atomic mass is 10.1. The summed E-state index contributed by atoms with van der Waals surface area (Å²) in [5.74, 6) is -0.903. The minimum atomic E-state index is -0.806. The van der Waals surface area contributed by atoms with E-state index < -0.39 is 5.91 Å². The van der Waals surface area contributed by atoms with Crippen molar-refractivity contribution in [3.8, 4) is 0 Å². The normalized spacial score (nSPS) is 16.3. The van der Waals surface area contributed by atoms with Crippen molar-refractivity contribution in [1.82, 2.24) is 20.4 Å². The molecular weight excluding hydrogens is 350 g/mol. The highest BCUT2D eigenvalue weighted by atomic mass is 16.5. The molecule has 3 amide bonds. The van der Waals surface area contributed by atoms with Crippen molar-refractivity contribution in [1.29, 1.82) is 0 Å². The molecule has 1 fully saturated rings. The van der Waals surface area contributed by atoms with Crippen LogP contribution in [-0.4, -0.2) is 46.2 Å². The van der Waals surface area contributed by atoms with Gasteiger partial charge in [0.15, 0.2) is 5.82 Å². The van der Waals surface area contributed by atoms with Crippen LogP contribution in [0.3, 0.4) is 0 Å². The molecule has 9 heteroatoms. The number of rotatable bonds is 7. The van der Waals surface area contributed by atoms with E-state index in [9.17, 15) is 9.59 Å². The lowest BCUT2D eigenvalue weighted by molar-refractivity contribution is 0.0793. The fraction of sp³-hybridized carbons (Fsp3) is 0.444. The summed E-state index contributed by atoms with van der Waals surface area (Å²) in [6.45, 7) is 3.74. The van der Waals surface area contributed by atoms with Crippen LogP contribution in [0.2, 0.25) is 0 Å². The van der Waals surface area contributed by atoms with Crippen LogP contribution >= 0.6 is 0 Å². The molecule has 2 aromatic rings. The van der Waals surface area contributed by atoms with Gasteiger partial charge in [0.25, 0.3) is 0 Å². The molecule has 0 unspecified atom stereocenters. The van der Waals surface area contributed by atoms with E-state index in [-0.39, 0.29) is 30.4 Å². The molecule has 1 saturated heterocycles. The highest BCUT2D eigenvalue weighted by molar-refractivity contribution is 5.87. The Kier molecular flexibility index (Phi) is 6.02. The van der Waals surface area contributed by atoms with Gasteiger partial charge in [-0.2, -0.15) is 4.98 Å². The number of aromatic nitrogens is 2. The maximum Gasteiger partial charge on any atom is 0.318 e. The topological polar surface area (TPSA) is 124 Å². The van der Waals surface area contributed by atoms with Crippen molar-refractivity contribution in [3.63, 3.8) is 0 Å². The summed E-state index contributed by atoms with van der Waals surface area (Å²) in [7, 11) is 0. The number of amides is 3. The summed E-state index contributed by atoms with van der Waals surface area (Å²) in [5.41, 5.74) is 7.27. The molecule has 0 spiro atoms. The fourth-order valence-electron chi connectivity index (χ4n) is 2.94. The fourth-order valence-corrected chi connectivity index (χ4v) is 2.94. The van der Waals surface area contributed by atoms with Gasteiger partial charge in [-0.3, -0.25) is 4.79 Å². The summed E-state index contributed by atoms with van der Waals surface area (Å²) in [6.07, 6.45) is 1.97. The molecule has 144 valence electrons. The SMILES string of the molecule is Cc1ccccc1CN(C[C@@H]1CCCO1)C(=O)NCc1noc(C(N)=O)n1. The third-order valence-corrected chi connectivity index (χ3v) is 4.43. The van der Waals surface area contributed by atoms with Crippen molar-refractivity contribution < 1.29 is 18.8 Å². The second-order valence-corrected chi connectivity index (χ2v) is 6.48. The zero-order valence-corrected chi connectivity index (χ0v) is 15.2. The monoisotopic (exact) mass is 373 g/mol. The minimum Gasteiger partial charge on any atom is -0.376 e. The number of benzene rings is 1. The van der Waals surface area contributed by atoms with Crippen molar-refractivity contribution in [3.05, 3.63) is 47.1 Å². The van der Waals surface area contributed by atoms with Crippen LogP contribution in [0.4, 0.5) is 4.79 Å². The predicted octanol–water partition coefficient (Wildman–Crippen LogP) is 1.37. The molecule has 1 aromatic heterocycles. The number of urea groups is 1. The highest BCUT2D eigenvalue weighted by Gasteiger charge is 2.23. The van der Waals surface area contributed by atoms with Crippen molar-refractivity contribution >= 4 is 11.9 Å². The number of nitrogens with one attached hydrogen (secondary N) is 1. The lowest BCUT2D eigenvalue weighted by Crippen LogP contribution is -2.43. The average Bonchev–Trinajstić information content (AvgIpc) is 3.32. The Labute approximate surface area is 156 Å². The smallest absolute Gasteiger partial charge is 0.318 e. The number of hydrogen-bond acceptors (Lipinski definition) is 6. The zero-order chi connectivity index (χ0) is 19.2. The summed E-state index contributed by atoms with van der Waals surface area (Å²) < 4.78 is 10.4. The van der Waals surface area contributed by atoms with Gasteiger partial charge in [-0.05, 0) is 30.9 Å². The predicted molar refractivity (Wildman–Crippen MR) is 95.6 cm³/mol. The maximum absolute atomic E-state index is 12.7. The molecule has 1 aromatic carbocycles. The van der Waals surface area contributed by atoms with E-state index in [1.54, 1.807) is 4.90 Å². The number of carbonyl (C=O) groups excluding carboxylic acids is 2. The zero-order valence-electron chi connectivity index (χ0n) is 15.2. The van der Waals surface area contributed by atoms with Crippen LogP contribution in [-0.2, 0) is 17.8 Å². The van der Waals surface area contributed by atoms with Gasteiger partial charge in [-0.1, -0.05) is 29.4 Å². The number of nitrogens with zero attached hydrogens (tertiary/aromatic N) is 3. The highest BCUT2D eigenvalue weighted by Crippen LogP contribution is 2.17. The maximum atomic E-state index is 12.7. The van der Waals surface area contributed by atoms with Crippen LogP contribution in [0.1, 0.15) is 40.5 Å². The van der Waals surface area contributed by atoms with E-state index in [0.29, 0.717) is 13.1 Å². The van der Waals surface area contributed by atoms with Crippen molar-refractivity contribution in [2.24, 2.45) is 5.73 Å². The number of nitrogens with two attached hydrogens (primary N) is 1. The van der Waals surface area contributed by atoms with Gasteiger partial charge in [0, 0.05) is 19.7 Å². The van der Waals surface area contributed by atoms with E-state index in [2.05, 4.69) is 15.5 Å². The molecule has 1 atom stereocenters. The first-order chi connectivity index (χ1) is 13.0. The first-order valence-corrected chi connectivity index (χ1v) is 8.84. The van der Waals surface area contributed by atoms with E-state index in [0.717, 1.165) is 30.6 Å². The van der Waals surface area contributed by atoms with Gasteiger partial charge in [-0.25, -0.2) is 4.79 Å². The number of hydrogen-bond donors (Lipinski definition) is 2. The van der Waals surface area contributed by atoms with Crippen LogP contribution in [0.5, 0.6) is 0 Å². The molecule has 3 rings (SSSR count). The Morgan fingerprint density at radius 2 is 2.19 bits per heavy atom. The number of ether oxygens (including phenoxy) is 1. The molecular formula is C18H23N5O4. The second-order valence-electron chi connectivity index (χ2n) is 6.48. The third kappa shape index (κ3) is 5.04. The standard InChI is InChI=1S/C18H23N5O4/c1-12-5-2-3-6-13(12)10-23(11-14-7-4-8-26-14)18(25)20-9-15-21-17(16(19)24)27-22-15/h2-3,5-6,14H,4,7-11H2,1H3,(H2,19,24)(H,20,25)/t14-/m0/s1. The van der Waals surface area contributed by atoms with Crippen LogP contribution in [0.25, 0.3) is 0 Å². The Morgan fingerprint density at radius 3 is 2.85 bits per heavy atom. The van der Waals surface area contributed by atoms with Crippen LogP contribution in [0.15, 0.2) is 28.8 Å². The summed E-state index contributed by atoms with van der Waals surface area (Å²) >= 11 is 0. The van der Waals surface area contributed by atoms with Gasteiger partial charge in [0.05, 0.1) is 12.6 Å². The molecule has 1 aliphatic rings. The average molecular weight is 373 g/mol. The molecule has 27 heavy (non-hydrogen) atoms. The van der Waals surface area contributed by atoms with E-state index in [4.69, 9.17) is 15.0 Å². The van der Waals surface area contributed by atoms with Gasteiger partial charge in [-0.15, -0.1) is 0 Å². The molecule has 2 heterocycles. The Balaban J connectivity index is 1.65. The van der Waals surface area contributed by atoms with E-state index in [1.165, 1.54) is 0 Å². The number of primary amides is 1. The Bertz CT molecular complexity index is 801. The molecule has 0 bridgehead atoms. The molecule has 0 aliphatic carbocycles. The van der Waals surface area contributed by atoms with E-state index >= 15 is 0 Å². The molecule has 3 N–H and O–H groups in total. The summed E-state index contributed by atoms with van der Waals surface area (Å²) in [6, 6.07) is 7.68. The van der Waals surface area contributed by atoms with Gasteiger partial charge >= 0.3 is 17.8 Å². The van der Waals surface area contributed by atoms with E-state index in [1.807, 2.05) is 31.2 Å². The van der Waals surface area contributed by atoms with Gasteiger partial charge in [0.1, 0.15) is 0 Å². The quantitative estimate of drug-likeness (QED) is 0.755. The first kappa shape index (κ1) is 18.8. The summed E-state index contributed by atoms with van der Waals surface area (Å²) in [4.78, 5) is 29.3. The summed E-state index contributed by atoms with van der Waals surface area (Å²) in [5, 5.41) is 6.38. The number of carbonyl (C=O) groups is 2. The third-order valence-electron chi connectivity index (χ3n) is 4.43. The van der Waals surface area contributed by atoms with Crippen molar-refractivity contribution in [2.75, 3.05) is 13.2 Å². The van der Waals surface area contributed by atoms with Gasteiger partial charge < -0.3 is 25.2 Å².